The van der Waals surface area contributed by atoms with Crippen LogP contribution in [0.2, 0.25) is 0 Å². The van der Waals surface area contributed by atoms with E-state index in [9.17, 15) is 14.4 Å². The second kappa shape index (κ2) is 10.6. The first-order valence-electron chi connectivity index (χ1n) is 11.7. The molecule has 1 fully saturated rings. The molecule has 1 aliphatic heterocycles. The lowest BCUT2D eigenvalue weighted by Gasteiger charge is -2.35. The lowest BCUT2D eigenvalue weighted by atomic mass is 10.1. The first kappa shape index (κ1) is 23.6. The first-order valence-corrected chi connectivity index (χ1v) is 12.6. The second-order valence-corrected chi connectivity index (χ2v) is 9.44. The van der Waals surface area contributed by atoms with E-state index in [2.05, 4.69) is 20.6 Å². The maximum absolute atomic E-state index is 13.1. The summed E-state index contributed by atoms with van der Waals surface area (Å²) in [4.78, 5) is 49.8. The van der Waals surface area contributed by atoms with Crippen molar-refractivity contribution in [3.8, 4) is 0 Å². The third-order valence-corrected chi connectivity index (χ3v) is 6.92. The van der Waals surface area contributed by atoms with Crippen LogP contribution in [0.5, 0.6) is 0 Å². The zero-order chi connectivity index (χ0) is 24.9. The van der Waals surface area contributed by atoms with E-state index in [1.54, 1.807) is 27.6 Å². The lowest BCUT2D eigenvalue weighted by Crippen LogP contribution is -2.56. The molecule has 1 saturated heterocycles. The van der Waals surface area contributed by atoms with Gasteiger partial charge in [0.05, 0.1) is 5.56 Å². The number of amides is 4. The van der Waals surface area contributed by atoms with Crippen LogP contribution in [-0.4, -0.2) is 69.8 Å². The number of thiazole rings is 1. The van der Waals surface area contributed by atoms with E-state index in [1.807, 2.05) is 54.6 Å². The summed E-state index contributed by atoms with van der Waals surface area (Å²) in [6, 6.07) is 16.1. The number of urea groups is 1. The molecule has 3 heterocycles. The molecule has 1 atom stereocenters. The van der Waals surface area contributed by atoms with Gasteiger partial charge < -0.3 is 25.4 Å². The topological polar surface area (TPSA) is 110 Å². The minimum Gasteiger partial charge on any atom is -0.360 e. The molecule has 2 aromatic heterocycles. The molecular weight excluding hydrogens is 476 g/mol. The Labute approximate surface area is 212 Å². The molecule has 1 aliphatic rings. The van der Waals surface area contributed by atoms with Gasteiger partial charge >= 0.3 is 6.03 Å². The van der Waals surface area contributed by atoms with Gasteiger partial charge in [-0.25, -0.2) is 9.78 Å². The average Bonchev–Trinajstić information content (AvgIpc) is 3.58. The zero-order valence-corrected chi connectivity index (χ0v) is 20.3. The van der Waals surface area contributed by atoms with Crippen LogP contribution in [0.25, 0.3) is 10.9 Å². The molecule has 5 rings (SSSR count). The average molecular weight is 503 g/mol. The fourth-order valence-electron chi connectivity index (χ4n) is 4.31. The quantitative estimate of drug-likeness (QED) is 0.376. The molecule has 0 spiro atoms. The highest BCUT2D eigenvalue weighted by atomic mass is 32.1. The summed E-state index contributed by atoms with van der Waals surface area (Å²) < 4.78 is 0. The third-order valence-electron chi connectivity index (χ3n) is 6.23. The molecule has 0 aliphatic carbocycles. The van der Waals surface area contributed by atoms with E-state index in [-0.39, 0.29) is 17.8 Å². The van der Waals surface area contributed by atoms with Crippen LogP contribution in [0.3, 0.4) is 0 Å². The fraction of sp³-hybridized carbons (Fsp3) is 0.231. The summed E-state index contributed by atoms with van der Waals surface area (Å²) in [6.07, 6.45) is 3.70. The Hall–Kier alpha value is -4.18. The number of rotatable bonds is 6. The Bertz CT molecular complexity index is 1350. The van der Waals surface area contributed by atoms with Crippen LogP contribution in [0, 0.1) is 0 Å². The van der Waals surface area contributed by atoms with E-state index < -0.39 is 6.04 Å². The van der Waals surface area contributed by atoms with Crippen LogP contribution in [0.4, 0.5) is 9.93 Å². The SMILES string of the molecule is O=C(Nc1nccs1)[C@H](Cc1ccccc1)NC(=O)N1CCN(C(=O)c2c[nH]c3ccccc23)CC1. The summed E-state index contributed by atoms with van der Waals surface area (Å²) in [5.74, 6) is -0.382. The van der Waals surface area contributed by atoms with E-state index >= 15 is 0 Å². The monoisotopic (exact) mass is 502 g/mol. The molecule has 4 aromatic rings. The van der Waals surface area contributed by atoms with Crippen molar-refractivity contribution in [3.63, 3.8) is 0 Å². The highest BCUT2D eigenvalue weighted by Gasteiger charge is 2.29. The van der Waals surface area contributed by atoms with Crippen molar-refractivity contribution in [1.82, 2.24) is 25.1 Å². The van der Waals surface area contributed by atoms with E-state index in [0.29, 0.717) is 43.3 Å². The van der Waals surface area contributed by atoms with Crippen LogP contribution in [-0.2, 0) is 11.2 Å². The lowest BCUT2D eigenvalue weighted by molar-refractivity contribution is -0.118. The van der Waals surface area contributed by atoms with E-state index in [1.165, 1.54) is 11.3 Å². The van der Waals surface area contributed by atoms with E-state index in [4.69, 9.17) is 0 Å². The Morgan fingerprint density at radius 1 is 0.972 bits per heavy atom. The van der Waals surface area contributed by atoms with Gasteiger partial charge in [0, 0.05) is 61.3 Å². The maximum Gasteiger partial charge on any atom is 0.318 e. The summed E-state index contributed by atoms with van der Waals surface area (Å²) >= 11 is 1.32. The third kappa shape index (κ3) is 5.23. The number of piperazine rings is 1. The van der Waals surface area contributed by atoms with Crippen molar-refractivity contribution in [1.29, 1.82) is 0 Å². The standard InChI is InChI=1S/C26H26N6O3S/c33-23(30-25-27-10-15-36-25)22(16-18-6-2-1-3-7-18)29-26(35)32-13-11-31(12-14-32)24(34)20-17-28-21-9-5-4-8-19(20)21/h1-10,15,17,22,28H,11-14,16H2,(H,29,35)(H,27,30,33)/t22-/m0/s1. The fourth-order valence-corrected chi connectivity index (χ4v) is 4.84. The van der Waals surface area contributed by atoms with Crippen LogP contribution in [0.15, 0.2) is 72.4 Å². The number of anilines is 1. The van der Waals surface area contributed by atoms with Crippen LogP contribution < -0.4 is 10.6 Å². The molecule has 9 nitrogen and oxygen atoms in total. The number of aromatic nitrogens is 2. The van der Waals surface area contributed by atoms with Gasteiger partial charge in [-0.3, -0.25) is 9.59 Å². The molecule has 36 heavy (non-hydrogen) atoms. The Morgan fingerprint density at radius 2 is 1.69 bits per heavy atom. The molecule has 4 amide bonds. The van der Waals surface area contributed by atoms with Crippen molar-refractivity contribution in [2.24, 2.45) is 0 Å². The zero-order valence-electron chi connectivity index (χ0n) is 19.5. The molecule has 184 valence electrons. The van der Waals surface area contributed by atoms with Gasteiger partial charge in [-0.15, -0.1) is 11.3 Å². The Balaban J connectivity index is 1.21. The number of hydrogen-bond acceptors (Lipinski definition) is 5. The number of hydrogen-bond donors (Lipinski definition) is 3. The summed E-state index contributed by atoms with van der Waals surface area (Å²) in [7, 11) is 0. The van der Waals surface area contributed by atoms with Gasteiger partial charge in [-0.2, -0.15) is 0 Å². The number of carbonyl (C=O) groups is 3. The largest absolute Gasteiger partial charge is 0.360 e. The maximum atomic E-state index is 13.1. The minimum absolute atomic E-state index is 0.0581. The molecule has 0 radical (unpaired) electrons. The van der Waals surface area contributed by atoms with Gasteiger partial charge in [0.2, 0.25) is 5.91 Å². The molecule has 0 unspecified atom stereocenters. The normalized spacial score (nSPS) is 14.4. The molecular formula is C26H26N6O3S. The van der Waals surface area contributed by atoms with Gasteiger partial charge in [0.15, 0.2) is 5.13 Å². The first-order chi connectivity index (χ1) is 17.6. The summed E-state index contributed by atoms with van der Waals surface area (Å²) in [6.45, 7) is 1.60. The summed E-state index contributed by atoms with van der Waals surface area (Å²) in [5, 5.41) is 8.81. The van der Waals surface area contributed by atoms with Gasteiger partial charge in [0.1, 0.15) is 6.04 Å². The number of nitrogens with zero attached hydrogens (tertiary/aromatic N) is 3. The second-order valence-electron chi connectivity index (χ2n) is 8.55. The molecule has 3 N–H and O–H groups in total. The molecule has 10 heteroatoms. The Morgan fingerprint density at radius 3 is 2.44 bits per heavy atom. The number of nitrogens with one attached hydrogen (secondary N) is 3. The van der Waals surface area contributed by atoms with Gasteiger partial charge in [-0.1, -0.05) is 48.5 Å². The highest BCUT2D eigenvalue weighted by Crippen LogP contribution is 2.20. The van der Waals surface area contributed by atoms with Crippen molar-refractivity contribution in [2.45, 2.75) is 12.5 Å². The number of para-hydroxylation sites is 1. The Kier molecular flexibility index (Phi) is 6.94. The van der Waals surface area contributed by atoms with Crippen LogP contribution in [0.1, 0.15) is 15.9 Å². The smallest absolute Gasteiger partial charge is 0.318 e. The predicted molar refractivity (Wildman–Crippen MR) is 139 cm³/mol. The number of aromatic amines is 1. The van der Waals surface area contributed by atoms with Crippen molar-refractivity contribution in [3.05, 3.63) is 83.5 Å². The number of fused-ring (bicyclic) bond motifs is 1. The summed E-state index contributed by atoms with van der Waals surface area (Å²) in [5.41, 5.74) is 2.48. The van der Waals surface area contributed by atoms with Gasteiger partial charge in [0.25, 0.3) is 5.91 Å². The van der Waals surface area contributed by atoms with Gasteiger partial charge in [-0.05, 0) is 11.6 Å². The van der Waals surface area contributed by atoms with Crippen LogP contribution >= 0.6 is 11.3 Å². The molecule has 2 aromatic carbocycles. The molecule has 0 saturated carbocycles. The van der Waals surface area contributed by atoms with E-state index in [0.717, 1.165) is 16.5 Å². The van der Waals surface area contributed by atoms with Crippen molar-refractivity contribution >= 4 is 45.2 Å². The number of carbonyl (C=O) groups excluding carboxylic acids is 3. The number of benzene rings is 2. The predicted octanol–water partition coefficient (Wildman–Crippen LogP) is 3.34. The molecule has 0 bridgehead atoms. The van der Waals surface area contributed by atoms with Crippen molar-refractivity contribution < 1.29 is 14.4 Å². The highest BCUT2D eigenvalue weighted by molar-refractivity contribution is 7.13. The number of H-pyrrole nitrogens is 1. The minimum atomic E-state index is -0.769. The van der Waals surface area contributed by atoms with Crippen molar-refractivity contribution in [2.75, 3.05) is 31.5 Å².